The van der Waals surface area contributed by atoms with E-state index in [1.54, 1.807) is 47.4 Å². The van der Waals surface area contributed by atoms with Gasteiger partial charge in [-0.05, 0) is 42.5 Å². The summed E-state index contributed by atoms with van der Waals surface area (Å²) >= 11 is 7.25. The third-order valence-electron chi connectivity index (χ3n) is 6.64. The molecule has 0 radical (unpaired) electrons. The van der Waals surface area contributed by atoms with Crippen molar-refractivity contribution in [2.24, 2.45) is 4.99 Å². The van der Waals surface area contributed by atoms with Crippen molar-refractivity contribution in [2.75, 3.05) is 62.8 Å². The summed E-state index contributed by atoms with van der Waals surface area (Å²) in [7, 11) is 1.99. The van der Waals surface area contributed by atoms with Gasteiger partial charge in [-0.3, -0.25) is 19.4 Å². The Balaban J connectivity index is 1.33. The van der Waals surface area contributed by atoms with Gasteiger partial charge in [0, 0.05) is 48.9 Å². The van der Waals surface area contributed by atoms with Crippen LogP contribution in [0, 0.1) is 0 Å². The van der Waals surface area contributed by atoms with Gasteiger partial charge in [-0.15, -0.1) is 11.8 Å². The van der Waals surface area contributed by atoms with Gasteiger partial charge in [0.2, 0.25) is 5.91 Å². The molecule has 12 heteroatoms. The molecule has 3 aromatic rings. The number of thioether (sulfide) groups is 1. The monoisotopic (exact) mass is 592 g/mol. The number of amides is 3. The average molecular weight is 593 g/mol. The largest absolute Gasteiger partial charge is 0.378 e. The first-order valence-electron chi connectivity index (χ1n) is 13.1. The molecule has 3 amide bonds. The molecule has 0 saturated carbocycles. The zero-order valence-electron chi connectivity index (χ0n) is 22.4. The van der Waals surface area contributed by atoms with Gasteiger partial charge >= 0.3 is 0 Å². The van der Waals surface area contributed by atoms with Gasteiger partial charge in [0.15, 0.2) is 0 Å². The van der Waals surface area contributed by atoms with Crippen LogP contribution in [0.25, 0.3) is 0 Å². The number of amidine groups is 1. The number of carbonyl (C=O) groups excluding carboxylic acids is 3. The molecule has 2 N–H and O–H groups in total. The summed E-state index contributed by atoms with van der Waals surface area (Å²) in [5.74, 6) is 0.609. The Hall–Kier alpha value is -3.93. The van der Waals surface area contributed by atoms with E-state index in [0.717, 1.165) is 24.5 Å². The van der Waals surface area contributed by atoms with Crippen LogP contribution < -0.4 is 10.6 Å². The molecule has 2 aliphatic rings. The fourth-order valence-electron chi connectivity index (χ4n) is 4.40. The highest BCUT2D eigenvalue weighted by Gasteiger charge is 2.20. The third-order valence-corrected chi connectivity index (χ3v) is 7.84. The number of hydrogen-bond donors (Lipinski definition) is 2. The molecule has 1 saturated heterocycles. The number of pyridine rings is 1. The lowest BCUT2D eigenvalue weighted by Gasteiger charge is -2.26. The smallest absolute Gasteiger partial charge is 0.258 e. The minimum atomic E-state index is -0.463. The lowest BCUT2D eigenvalue weighted by atomic mass is 10.1. The summed E-state index contributed by atoms with van der Waals surface area (Å²) in [6.07, 6.45) is 1.43. The van der Waals surface area contributed by atoms with Crippen molar-refractivity contribution in [1.82, 2.24) is 14.8 Å². The lowest BCUT2D eigenvalue weighted by Crippen LogP contribution is -2.41. The molecule has 1 fully saturated rings. The van der Waals surface area contributed by atoms with Crippen molar-refractivity contribution in [3.63, 3.8) is 0 Å². The number of carbonyl (C=O) groups is 3. The molecule has 41 heavy (non-hydrogen) atoms. The third kappa shape index (κ3) is 7.24. The van der Waals surface area contributed by atoms with Gasteiger partial charge in [0.25, 0.3) is 11.8 Å². The van der Waals surface area contributed by atoms with Gasteiger partial charge in [0.05, 0.1) is 41.8 Å². The summed E-state index contributed by atoms with van der Waals surface area (Å²) in [5.41, 5.74) is 1.94. The number of anilines is 2. The highest BCUT2D eigenvalue weighted by atomic mass is 35.5. The molecule has 2 aliphatic heterocycles. The molecule has 0 unspecified atom stereocenters. The predicted molar refractivity (Wildman–Crippen MR) is 160 cm³/mol. The van der Waals surface area contributed by atoms with Crippen LogP contribution in [0.15, 0.2) is 70.7 Å². The molecular weight excluding hydrogens is 564 g/mol. The molecule has 10 nitrogen and oxygen atoms in total. The van der Waals surface area contributed by atoms with E-state index in [4.69, 9.17) is 16.3 Å². The second-order valence-corrected chi connectivity index (χ2v) is 10.9. The Bertz CT molecular complexity index is 1460. The summed E-state index contributed by atoms with van der Waals surface area (Å²) in [4.78, 5) is 52.4. The van der Waals surface area contributed by atoms with Crippen molar-refractivity contribution in [3.05, 3.63) is 82.5 Å². The Morgan fingerprint density at radius 2 is 1.76 bits per heavy atom. The van der Waals surface area contributed by atoms with Gasteiger partial charge in [-0.1, -0.05) is 23.7 Å². The number of ether oxygens (including phenoxy) is 1. The van der Waals surface area contributed by atoms with Crippen molar-refractivity contribution < 1.29 is 19.1 Å². The number of nitrogens with zero attached hydrogens (tertiary/aromatic N) is 4. The fraction of sp³-hybridized carbons (Fsp3) is 0.276. The molecule has 212 valence electrons. The van der Waals surface area contributed by atoms with Crippen molar-refractivity contribution in [1.29, 1.82) is 0 Å². The molecule has 0 atom stereocenters. The summed E-state index contributed by atoms with van der Waals surface area (Å²) < 4.78 is 5.32. The minimum absolute atomic E-state index is 0.00486. The first-order chi connectivity index (χ1) is 19.9. The summed E-state index contributed by atoms with van der Waals surface area (Å²) in [6.45, 7) is 3.81. The number of morpholine rings is 1. The molecular formula is C29H29ClN6O4S. The number of nitrogens with one attached hydrogen (secondary N) is 2. The van der Waals surface area contributed by atoms with Gasteiger partial charge in [-0.2, -0.15) is 0 Å². The SMILES string of the molecule is CN1CCN=C1c1ccc(C(=O)Nc2ccc(SCC(=O)N3CCOCC3)cc2C(=O)Nc2ccc(Cl)cn2)cc1. The summed E-state index contributed by atoms with van der Waals surface area (Å²) in [5, 5.41) is 6.05. The fourth-order valence-corrected chi connectivity index (χ4v) is 5.35. The van der Waals surface area contributed by atoms with Gasteiger partial charge in [0.1, 0.15) is 11.7 Å². The van der Waals surface area contributed by atoms with E-state index in [9.17, 15) is 14.4 Å². The van der Waals surface area contributed by atoms with E-state index < -0.39 is 5.91 Å². The van der Waals surface area contributed by atoms with Crippen molar-refractivity contribution >= 4 is 58.4 Å². The van der Waals surface area contributed by atoms with Crippen LogP contribution in [0.2, 0.25) is 5.02 Å². The first kappa shape index (κ1) is 28.6. The Kier molecular flexibility index (Phi) is 9.17. The quantitative estimate of drug-likeness (QED) is 0.381. The summed E-state index contributed by atoms with van der Waals surface area (Å²) in [6, 6.07) is 15.5. The molecule has 0 spiro atoms. The van der Waals surface area contributed by atoms with E-state index in [1.165, 1.54) is 18.0 Å². The van der Waals surface area contributed by atoms with Crippen LogP contribution in [-0.2, 0) is 9.53 Å². The topological polar surface area (TPSA) is 116 Å². The maximum absolute atomic E-state index is 13.3. The predicted octanol–water partition coefficient (Wildman–Crippen LogP) is 3.88. The van der Waals surface area contributed by atoms with Crippen LogP contribution in [-0.4, -0.2) is 90.5 Å². The molecule has 3 heterocycles. The first-order valence-corrected chi connectivity index (χ1v) is 14.5. The van der Waals surface area contributed by atoms with E-state index in [2.05, 4.69) is 25.5 Å². The maximum Gasteiger partial charge on any atom is 0.258 e. The number of benzene rings is 2. The van der Waals surface area contributed by atoms with Gasteiger partial charge in [-0.25, -0.2) is 4.98 Å². The Labute approximate surface area is 247 Å². The Morgan fingerprint density at radius 1 is 0.976 bits per heavy atom. The highest BCUT2D eigenvalue weighted by Crippen LogP contribution is 2.27. The standard InChI is InChI=1S/C29H29ClN6O4S/c1-35-11-10-31-27(35)19-2-4-20(5-3-19)28(38)33-24-8-7-22(41-18-26(37)36-12-14-40-15-13-36)16-23(24)29(39)34-25-9-6-21(30)17-32-25/h2-9,16-17H,10-15,18H2,1H3,(H,33,38)(H,32,34,39). The van der Waals surface area contributed by atoms with E-state index >= 15 is 0 Å². The normalized spacial score (nSPS) is 14.9. The van der Waals surface area contributed by atoms with E-state index in [0.29, 0.717) is 53.3 Å². The number of halogens is 1. The zero-order valence-corrected chi connectivity index (χ0v) is 24.0. The molecule has 2 aromatic carbocycles. The minimum Gasteiger partial charge on any atom is -0.378 e. The van der Waals surface area contributed by atoms with E-state index in [-0.39, 0.29) is 23.1 Å². The maximum atomic E-state index is 13.3. The molecule has 5 rings (SSSR count). The van der Waals surface area contributed by atoms with Crippen LogP contribution in [0.5, 0.6) is 0 Å². The molecule has 1 aromatic heterocycles. The van der Waals surface area contributed by atoms with Crippen molar-refractivity contribution in [2.45, 2.75) is 4.90 Å². The highest BCUT2D eigenvalue weighted by molar-refractivity contribution is 8.00. The number of rotatable bonds is 8. The van der Waals surface area contributed by atoms with Crippen LogP contribution in [0.4, 0.5) is 11.5 Å². The number of likely N-dealkylation sites (N-methyl/N-ethyl adjacent to an activating group) is 1. The number of aliphatic imine (C=N–C) groups is 1. The zero-order chi connectivity index (χ0) is 28.8. The molecule has 0 aliphatic carbocycles. The van der Waals surface area contributed by atoms with Crippen molar-refractivity contribution in [3.8, 4) is 0 Å². The molecule has 0 bridgehead atoms. The Morgan fingerprint density at radius 3 is 2.44 bits per heavy atom. The lowest BCUT2D eigenvalue weighted by molar-refractivity contribution is -0.132. The second-order valence-electron chi connectivity index (χ2n) is 9.46. The number of hydrogen-bond acceptors (Lipinski definition) is 8. The van der Waals surface area contributed by atoms with E-state index in [1.807, 2.05) is 19.2 Å². The average Bonchev–Trinajstić information content (AvgIpc) is 3.43. The number of aromatic nitrogens is 1. The second kappa shape index (κ2) is 13.2. The van der Waals surface area contributed by atoms with Gasteiger partial charge < -0.3 is 25.2 Å². The van der Waals surface area contributed by atoms with Crippen LogP contribution >= 0.6 is 23.4 Å². The van der Waals surface area contributed by atoms with Crippen LogP contribution in [0.3, 0.4) is 0 Å². The van der Waals surface area contributed by atoms with Crippen LogP contribution in [0.1, 0.15) is 26.3 Å².